The molecule has 0 spiro atoms. The number of nitrogens with one attached hydrogen (secondary N) is 4. The molecule has 0 bridgehead atoms. The normalized spacial score (nSPS) is 12.9. The Morgan fingerprint density at radius 1 is 0.792 bits per heavy atom. The zero-order chi connectivity index (χ0) is 36.3. The Balaban J connectivity index is 2.76. The van der Waals surface area contributed by atoms with Crippen LogP contribution in [0.4, 0.5) is 15.3 Å². The Morgan fingerprint density at radius 3 is 1.98 bits per heavy atom. The quantitative estimate of drug-likeness (QED) is 0.0896. The Labute approximate surface area is 288 Å². The molecule has 11 heteroatoms. The third kappa shape index (κ3) is 20.6. The molecule has 2 atom stereocenters. The van der Waals surface area contributed by atoms with Gasteiger partial charge in [0.15, 0.2) is 5.78 Å². The van der Waals surface area contributed by atoms with Gasteiger partial charge in [-0.1, -0.05) is 80.4 Å². The average molecular weight is 674 g/mol. The number of unbranched alkanes of at least 4 members (excludes halogenated alkanes) is 2. The van der Waals surface area contributed by atoms with E-state index in [9.17, 15) is 24.0 Å². The molecule has 0 aliphatic heterocycles. The molecule has 0 unspecified atom stereocenters. The second-order valence-electron chi connectivity index (χ2n) is 15.6. The number of anilines is 1. The zero-order valence-corrected chi connectivity index (χ0v) is 30.8. The maximum Gasteiger partial charge on any atom is 0.407 e. The number of alkyl carbamates (subject to hydrolysis) is 1. The molecule has 0 saturated carbocycles. The van der Waals surface area contributed by atoms with E-state index in [1.807, 2.05) is 13.8 Å². The molecule has 0 aliphatic rings. The van der Waals surface area contributed by atoms with Crippen LogP contribution in [-0.2, 0) is 25.7 Å². The van der Waals surface area contributed by atoms with Gasteiger partial charge in [-0.25, -0.2) is 9.59 Å². The number of amides is 5. The number of carbonyl (C=O) groups is 5. The molecule has 0 radical (unpaired) electrons. The molecule has 1 aromatic rings. The van der Waals surface area contributed by atoms with Gasteiger partial charge < -0.3 is 31.7 Å². The van der Waals surface area contributed by atoms with Crippen LogP contribution in [0.5, 0.6) is 0 Å². The van der Waals surface area contributed by atoms with Crippen LogP contribution in [0.1, 0.15) is 125 Å². The fraction of sp³-hybridized carbons (Fsp3) is 0.703. The van der Waals surface area contributed by atoms with Crippen LogP contribution >= 0.6 is 0 Å². The van der Waals surface area contributed by atoms with Gasteiger partial charge in [0, 0.05) is 37.5 Å². The van der Waals surface area contributed by atoms with Gasteiger partial charge in [-0.15, -0.1) is 0 Å². The van der Waals surface area contributed by atoms with E-state index in [4.69, 9.17) is 10.5 Å². The van der Waals surface area contributed by atoms with Gasteiger partial charge in [0.2, 0.25) is 11.8 Å². The molecule has 0 heterocycles. The van der Waals surface area contributed by atoms with Crippen molar-refractivity contribution in [3.63, 3.8) is 0 Å². The van der Waals surface area contributed by atoms with E-state index in [-0.39, 0.29) is 53.9 Å². The van der Waals surface area contributed by atoms with E-state index < -0.39 is 24.1 Å². The van der Waals surface area contributed by atoms with Crippen LogP contribution < -0.4 is 27.0 Å². The molecule has 0 fully saturated rings. The van der Waals surface area contributed by atoms with Gasteiger partial charge in [-0.3, -0.25) is 14.4 Å². The number of primary amides is 1. The number of rotatable bonds is 21. The minimum absolute atomic E-state index is 0.0616. The van der Waals surface area contributed by atoms with E-state index in [1.165, 1.54) is 0 Å². The SMILES string of the molecule is CC(C)[C@H](NC(=O)CCCCCC(C)(C)C)C(=O)C[C@@H](CCCNC(N)=O)C(=O)Nc1ccc(COC(=O)NCCCC(C)(C)C)cc1. The number of nitrogens with two attached hydrogens (primary N) is 1. The van der Waals surface area contributed by atoms with Gasteiger partial charge in [-0.05, 0) is 73.0 Å². The monoisotopic (exact) mass is 673 g/mol. The molecule has 0 aliphatic carbocycles. The lowest BCUT2D eigenvalue weighted by atomic mass is 9.89. The van der Waals surface area contributed by atoms with Gasteiger partial charge in [0.25, 0.3) is 0 Å². The number of Topliss-reactive ketones (excluding diaryl/α,β-unsaturated/α-hetero) is 1. The Morgan fingerprint density at radius 2 is 1.40 bits per heavy atom. The maximum absolute atomic E-state index is 13.5. The summed E-state index contributed by atoms with van der Waals surface area (Å²) in [4.78, 5) is 62.8. The molecular formula is C37H63N5O6. The van der Waals surface area contributed by atoms with E-state index in [2.05, 4.69) is 62.8 Å². The highest BCUT2D eigenvalue weighted by Crippen LogP contribution is 2.23. The third-order valence-electron chi connectivity index (χ3n) is 7.97. The highest BCUT2D eigenvalue weighted by Gasteiger charge is 2.29. The molecule has 48 heavy (non-hydrogen) atoms. The number of carbonyl (C=O) groups excluding carboxylic acids is 5. The molecule has 1 aromatic carbocycles. The second-order valence-corrected chi connectivity index (χ2v) is 15.6. The lowest BCUT2D eigenvalue weighted by Crippen LogP contribution is -2.45. The summed E-state index contributed by atoms with van der Waals surface area (Å²) in [5, 5.41) is 11.1. The van der Waals surface area contributed by atoms with Crippen LogP contribution in [0, 0.1) is 22.7 Å². The van der Waals surface area contributed by atoms with Crippen LogP contribution in [0.2, 0.25) is 0 Å². The highest BCUT2D eigenvalue weighted by molar-refractivity contribution is 5.97. The van der Waals surface area contributed by atoms with Gasteiger partial charge in [-0.2, -0.15) is 0 Å². The summed E-state index contributed by atoms with van der Waals surface area (Å²) in [6.07, 6.45) is 6.30. The molecule has 0 aromatic heterocycles. The summed E-state index contributed by atoms with van der Waals surface area (Å²) < 4.78 is 5.30. The summed E-state index contributed by atoms with van der Waals surface area (Å²) in [5.74, 6) is -1.55. The largest absolute Gasteiger partial charge is 0.445 e. The predicted octanol–water partition coefficient (Wildman–Crippen LogP) is 6.84. The first-order valence-corrected chi connectivity index (χ1v) is 17.5. The van der Waals surface area contributed by atoms with Crippen molar-refractivity contribution in [2.75, 3.05) is 18.4 Å². The molecule has 1 rings (SSSR count). The molecular weight excluding hydrogens is 610 g/mol. The van der Waals surface area contributed by atoms with E-state index >= 15 is 0 Å². The maximum atomic E-state index is 13.5. The number of hydrogen-bond acceptors (Lipinski definition) is 6. The fourth-order valence-electron chi connectivity index (χ4n) is 5.18. The zero-order valence-electron chi connectivity index (χ0n) is 30.8. The van der Waals surface area contributed by atoms with Crippen LogP contribution in [-0.4, -0.2) is 48.9 Å². The Kier molecular flexibility index (Phi) is 18.9. The summed E-state index contributed by atoms with van der Waals surface area (Å²) in [6, 6.07) is 5.57. The van der Waals surface area contributed by atoms with Crippen LogP contribution in [0.25, 0.3) is 0 Å². The minimum Gasteiger partial charge on any atom is -0.445 e. The summed E-state index contributed by atoms with van der Waals surface area (Å²) in [5.41, 5.74) is 6.94. The molecule has 0 saturated heterocycles. The first-order chi connectivity index (χ1) is 22.4. The van der Waals surface area contributed by atoms with Crippen molar-refractivity contribution in [1.29, 1.82) is 0 Å². The van der Waals surface area contributed by atoms with Gasteiger partial charge in [0.05, 0.1) is 6.04 Å². The number of benzene rings is 1. The lowest BCUT2D eigenvalue weighted by Gasteiger charge is -2.24. The number of hydrogen-bond donors (Lipinski definition) is 5. The number of urea groups is 1. The van der Waals surface area contributed by atoms with Crippen LogP contribution in [0.3, 0.4) is 0 Å². The fourth-order valence-corrected chi connectivity index (χ4v) is 5.18. The number of ether oxygens (including phenoxy) is 1. The van der Waals surface area contributed by atoms with E-state index in [1.54, 1.807) is 24.3 Å². The highest BCUT2D eigenvalue weighted by atomic mass is 16.5. The molecule has 6 N–H and O–H groups in total. The smallest absolute Gasteiger partial charge is 0.407 e. The lowest BCUT2D eigenvalue weighted by molar-refractivity contribution is -0.131. The van der Waals surface area contributed by atoms with Crippen molar-refractivity contribution in [1.82, 2.24) is 16.0 Å². The molecule has 272 valence electrons. The molecule has 5 amide bonds. The van der Waals surface area contributed by atoms with Crippen LogP contribution in [0.15, 0.2) is 24.3 Å². The first kappa shape index (κ1) is 42.4. The Hall–Kier alpha value is -3.63. The number of ketones is 1. The Bertz CT molecular complexity index is 1150. The molecule has 11 nitrogen and oxygen atoms in total. The predicted molar refractivity (Wildman–Crippen MR) is 191 cm³/mol. The second kappa shape index (κ2) is 21.4. The topological polar surface area (TPSA) is 169 Å². The summed E-state index contributed by atoms with van der Waals surface area (Å²) in [7, 11) is 0. The van der Waals surface area contributed by atoms with Gasteiger partial charge >= 0.3 is 12.1 Å². The van der Waals surface area contributed by atoms with Crippen molar-refractivity contribution >= 4 is 35.4 Å². The standard InChI is InChI=1S/C37H63N5O6/c1-26(2)32(42-31(44)15-10-9-11-20-36(3,4)5)30(43)24-28(14-12-22-39-34(38)46)33(45)41-29-18-16-27(17-19-29)25-48-35(47)40-23-13-21-37(6,7)8/h16-19,26,28,32H,9-15,20-25H2,1-8H3,(H,40,47)(H,41,45)(H,42,44)(H3,38,39,46)/t28-,32+/m1/s1. The van der Waals surface area contributed by atoms with Crippen molar-refractivity contribution in [2.24, 2.45) is 28.4 Å². The minimum atomic E-state index is -0.707. The van der Waals surface area contributed by atoms with Crippen molar-refractivity contribution in [3.05, 3.63) is 29.8 Å². The van der Waals surface area contributed by atoms with Gasteiger partial charge in [0.1, 0.15) is 6.61 Å². The third-order valence-corrected chi connectivity index (χ3v) is 7.97. The average Bonchev–Trinajstić information content (AvgIpc) is 2.97. The first-order valence-electron chi connectivity index (χ1n) is 17.5. The summed E-state index contributed by atoms with van der Waals surface area (Å²) in [6.45, 7) is 17.7. The van der Waals surface area contributed by atoms with E-state index in [0.717, 1.165) is 44.1 Å². The van der Waals surface area contributed by atoms with Crippen molar-refractivity contribution in [2.45, 2.75) is 132 Å². The van der Waals surface area contributed by atoms with Crippen molar-refractivity contribution in [3.8, 4) is 0 Å². The van der Waals surface area contributed by atoms with E-state index in [0.29, 0.717) is 31.5 Å². The van der Waals surface area contributed by atoms with Crippen molar-refractivity contribution < 1.29 is 28.7 Å². The summed E-state index contributed by atoms with van der Waals surface area (Å²) >= 11 is 0.